The van der Waals surface area contributed by atoms with Crippen LogP contribution in [-0.4, -0.2) is 35.9 Å². The number of nitrogens with two attached hydrogens (primary N) is 1. The molecule has 0 saturated heterocycles. The van der Waals surface area contributed by atoms with E-state index in [1.54, 1.807) is 19.2 Å². The number of anilines is 1. The summed E-state index contributed by atoms with van der Waals surface area (Å²) in [5.41, 5.74) is 7.42. The number of carbonyl (C=O) groups is 1. The SMILES string of the molecule is COCCC(=O)NCCCc1nn(-c2ccc(F)cc2)c(N)c1C#N. The first-order valence-electron chi connectivity index (χ1n) is 7.86. The highest BCUT2D eigenvalue weighted by Crippen LogP contribution is 2.21. The molecule has 1 aromatic carbocycles. The lowest BCUT2D eigenvalue weighted by molar-refractivity contribution is -0.121. The third kappa shape index (κ3) is 4.78. The van der Waals surface area contributed by atoms with Crippen LogP contribution in [0.2, 0.25) is 0 Å². The lowest BCUT2D eigenvalue weighted by Gasteiger charge is -2.04. The minimum absolute atomic E-state index is 0.0845. The van der Waals surface area contributed by atoms with Crippen molar-refractivity contribution >= 4 is 11.7 Å². The number of hydrogen-bond donors (Lipinski definition) is 2. The lowest BCUT2D eigenvalue weighted by atomic mass is 10.1. The Morgan fingerprint density at radius 1 is 1.44 bits per heavy atom. The van der Waals surface area contributed by atoms with Gasteiger partial charge in [0.2, 0.25) is 5.91 Å². The maximum Gasteiger partial charge on any atom is 0.222 e. The van der Waals surface area contributed by atoms with Gasteiger partial charge in [-0.3, -0.25) is 4.79 Å². The Morgan fingerprint density at radius 3 is 2.80 bits per heavy atom. The van der Waals surface area contributed by atoms with Gasteiger partial charge in [0.15, 0.2) is 0 Å². The van der Waals surface area contributed by atoms with E-state index in [0.717, 1.165) is 0 Å². The second kappa shape index (κ2) is 8.80. The number of benzene rings is 1. The molecule has 25 heavy (non-hydrogen) atoms. The van der Waals surface area contributed by atoms with Crippen molar-refractivity contribution in [3.63, 3.8) is 0 Å². The Balaban J connectivity index is 2.01. The van der Waals surface area contributed by atoms with Gasteiger partial charge in [-0.15, -0.1) is 0 Å². The third-order valence-electron chi connectivity index (χ3n) is 3.62. The van der Waals surface area contributed by atoms with Gasteiger partial charge in [0.25, 0.3) is 0 Å². The van der Waals surface area contributed by atoms with E-state index in [1.165, 1.54) is 16.8 Å². The van der Waals surface area contributed by atoms with E-state index < -0.39 is 0 Å². The van der Waals surface area contributed by atoms with E-state index >= 15 is 0 Å². The van der Waals surface area contributed by atoms with Gasteiger partial charge >= 0.3 is 0 Å². The molecule has 0 fully saturated rings. The van der Waals surface area contributed by atoms with Gasteiger partial charge < -0.3 is 15.8 Å². The van der Waals surface area contributed by atoms with E-state index in [-0.39, 0.29) is 17.5 Å². The molecule has 0 atom stereocenters. The Kier molecular flexibility index (Phi) is 6.48. The molecular formula is C17H20FN5O2. The van der Waals surface area contributed by atoms with E-state index in [1.807, 2.05) is 0 Å². The number of nitriles is 1. The Labute approximate surface area is 145 Å². The first-order chi connectivity index (χ1) is 12.1. The van der Waals surface area contributed by atoms with Gasteiger partial charge in [-0.25, -0.2) is 9.07 Å². The molecule has 0 spiro atoms. The second-order valence-corrected chi connectivity index (χ2v) is 5.40. The Hall–Kier alpha value is -2.92. The summed E-state index contributed by atoms with van der Waals surface area (Å²) >= 11 is 0. The number of nitrogens with one attached hydrogen (secondary N) is 1. The van der Waals surface area contributed by atoms with Crippen molar-refractivity contribution in [3.05, 3.63) is 41.3 Å². The average molecular weight is 345 g/mol. The van der Waals surface area contributed by atoms with Gasteiger partial charge in [0.1, 0.15) is 23.3 Å². The molecule has 0 unspecified atom stereocenters. The molecule has 1 amide bonds. The van der Waals surface area contributed by atoms with Crippen LogP contribution in [0.25, 0.3) is 5.69 Å². The minimum Gasteiger partial charge on any atom is -0.384 e. The van der Waals surface area contributed by atoms with E-state index in [9.17, 15) is 14.4 Å². The number of amides is 1. The zero-order chi connectivity index (χ0) is 18.2. The van der Waals surface area contributed by atoms with Crippen molar-refractivity contribution in [2.24, 2.45) is 0 Å². The number of nitrogens with zero attached hydrogens (tertiary/aromatic N) is 3. The standard InChI is InChI=1S/C17H20FN5O2/c1-25-10-8-16(24)21-9-2-3-15-14(11-19)17(20)23(22-15)13-6-4-12(18)5-7-13/h4-7H,2-3,8-10,20H2,1H3,(H,21,24). The number of methoxy groups -OCH3 is 1. The van der Waals surface area contributed by atoms with Crippen LogP contribution in [0.15, 0.2) is 24.3 Å². The molecule has 0 radical (unpaired) electrons. The predicted molar refractivity (Wildman–Crippen MR) is 90.5 cm³/mol. The molecule has 0 saturated carbocycles. The average Bonchev–Trinajstić information content (AvgIpc) is 2.93. The molecule has 1 heterocycles. The monoisotopic (exact) mass is 345 g/mol. The summed E-state index contributed by atoms with van der Waals surface area (Å²) in [6, 6.07) is 7.75. The zero-order valence-electron chi connectivity index (χ0n) is 14.0. The minimum atomic E-state index is -0.362. The van der Waals surface area contributed by atoms with Crippen LogP contribution >= 0.6 is 0 Å². The van der Waals surface area contributed by atoms with Crippen LogP contribution in [0.4, 0.5) is 10.2 Å². The molecule has 8 heteroatoms. The summed E-state index contributed by atoms with van der Waals surface area (Å²) in [6.45, 7) is 0.847. The van der Waals surface area contributed by atoms with Crippen molar-refractivity contribution < 1.29 is 13.9 Å². The van der Waals surface area contributed by atoms with Crippen LogP contribution in [-0.2, 0) is 16.0 Å². The number of ether oxygens (including phenoxy) is 1. The van der Waals surface area contributed by atoms with Crippen LogP contribution in [0.3, 0.4) is 0 Å². The maximum atomic E-state index is 13.0. The van der Waals surface area contributed by atoms with Gasteiger partial charge in [-0.2, -0.15) is 10.4 Å². The van der Waals surface area contributed by atoms with Crippen molar-refractivity contribution in [3.8, 4) is 11.8 Å². The molecule has 2 aromatic rings. The summed E-state index contributed by atoms with van der Waals surface area (Å²) in [5, 5.41) is 16.5. The summed E-state index contributed by atoms with van der Waals surface area (Å²) in [6.07, 6.45) is 1.42. The molecule has 3 N–H and O–H groups in total. The van der Waals surface area contributed by atoms with Crippen LogP contribution in [0, 0.1) is 17.1 Å². The highest BCUT2D eigenvalue weighted by atomic mass is 19.1. The number of carbonyl (C=O) groups excluding carboxylic acids is 1. The van der Waals surface area contributed by atoms with Crippen molar-refractivity contribution in [1.29, 1.82) is 5.26 Å². The number of rotatable bonds is 8. The lowest BCUT2D eigenvalue weighted by Crippen LogP contribution is -2.25. The quantitative estimate of drug-likeness (QED) is 0.706. The maximum absolute atomic E-state index is 13.0. The van der Waals surface area contributed by atoms with E-state index in [2.05, 4.69) is 16.5 Å². The fourth-order valence-corrected chi connectivity index (χ4v) is 2.32. The number of halogens is 1. The first kappa shape index (κ1) is 18.4. The largest absolute Gasteiger partial charge is 0.384 e. The fourth-order valence-electron chi connectivity index (χ4n) is 2.32. The molecule has 0 aliphatic rings. The van der Waals surface area contributed by atoms with Crippen LogP contribution in [0.1, 0.15) is 24.1 Å². The highest BCUT2D eigenvalue weighted by molar-refractivity contribution is 5.75. The Bertz CT molecular complexity index is 765. The predicted octanol–water partition coefficient (Wildman–Crippen LogP) is 1.55. The zero-order valence-corrected chi connectivity index (χ0v) is 14.0. The number of hydrogen-bond acceptors (Lipinski definition) is 5. The van der Waals surface area contributed by atoms with Gasteiger partial charge in [0.05, 0.1) is 18.0 Å². The van der Waals surface area contributed by atoms with E-state index in [4.69, 9.17) is 10.5 Å². The van der Waals surface area contributed by atoms with Crippen LogP contribution < -0.4 is 11.1 Å². The molecule has 7 nitrogen and oxygen atoms in total. The molecule has 1 aromatic heterocycles. The van der Waals surface area contributed by atoms with Gasteiger partial charge in [0, 0.05) is 20.1 Å². The van der Waals surface area contributed by atoms with Crippen molar-refractivity contribution in [2.45, 2.75) is 19.3 Å². The third-order valence-corrected chi connectivity index (χ3v) is 3.62. The van der Waals surface area contributed by atoms with Gasteiger partial charge in [-0.05, 0) is 37.1 Å². The molecule has 2 rings (SSSR count). The topological polar surface area (TPSA) is 106 Å². The smallest absolute Gasteiger partial charge is 0.222 e. The number of aromatic nitrogens is 2. The number of aryl methyl sites for hydroxylation is 1. The molecule has 0 aliphatic heterocycles. The summed E-state index contributed by atoms with van der Waals surface area (Å²) in [5.74, 6) is -0.230. The first-order valence-corrected chi connectivity index (χ1v) is 7.86. The second-order valence-electron chi connectivity index (χ2n) is 5.40. The summed E-state index contributed by atoms with van der Waals surface area (Å²) in [7, 11) is 1.54. The van der Waals surface area contributed by atoms with Crippen LogP contribution in [0.5, 0.6) is 0 Å². The van der Waals surface area contributed by atoms with Crippen molar-refractivity contribution in [1.82, 2.24) is 15.1 Å². The molecule has 0 aliphatic carbocycles. The highest BCUT2D eigenvalue weighted by Gasteiger charge is 2.16. The molecular weight excluding hydrogens is 325 g/mol. The molecule has 132 valence electrons. The normalized spacial score (nSPS) is 10.4. The van der Waals surface area contributed by atoms with Crippen molar-refractivity contribution in [2.75, 3.05) is 26.0 Å². The summed E-state index contributed by atoms with van der Waals surface area (Å²) in [4.78, 5) is 11.5. The fraction of sp³-hybridized carbons (Fsp3) is 0.353. The Morgan fingerprint density at radius 2 is 2.16 bits per heavy atom. The summed E-state index contributed by atoms with van der Waals surface area (Å²) < 4.78 is 19.3. The van der Waals surface area contributed by atoms with E-state index in [0.29, 0.717) is 49.4 Å². The van der Waals surface area contributed by atoms with Gasteiger partial charge in [-0.1, -0.05) is 0 Å². The molecule has 0 bridgehead atoms. The number of nitrogen functional groups attached to an aromatic ring is 1.